The minimum Gasteiger partial charge on any atom is -0.393 e. The summed E-state index contributed by atoms with van der Waals surface area (Å²) in [5.74, 6) is 5.75. The number of aliphatic hydroxyl groups excluding tert-OH is 1. The Balaban J connectivity index is 1.26. The molecule has 6 rings (SSSR count). The third-order valence-corrected chi connectivity index (χ3v) is 12.3. The van der Waals surface area contributed by atoms with Gasteiger partial charge in [0.25, 0.3) is 0 Å². The molecule has 3 N–H and O–H groups in total. The highest BCUT2D eigenvalue weighted by atomic mass is 16.5. The van der Waals surface area contributed by atoms with E-state index in [9.17, 15) is 5.11 Å². The lowest BCUT2D eigenvalue weighted by Gasteiger charge is -2.61. The van der Waals surface area contributed by atoms with E-state index in [2.05, 4.69) is 33.0 Å². The van der Waals surface area contributed by atoms with Gasteiger partial charge in [0.15, 0.2) is 0 Å². The van der Waals surface area contributed by atoms with Crippen LogP contribution in [0, 0.1) is 52.3 Å². The molecule has 0 bridgehead atoms. The van der Waals surface area contributed by atoms with Gasteiger partial charge in [0, 0.05) is 24.2 Å². The van der Waals surface area contributed by atoms with Gasteiger partial charge in [0.2, 0.25) is 5.72 Å². The predicted molar refractivity (Wildman–Crippen MR) is 119 cm³/mol. The molecule has 0 amide bonds. The number of hydrogen-bond donors (Lipinski definition) is 2. The zero-order valence-electron chi connectivity index (χ0n) is 19.9. The van der Waals surface area contributed by atoms with Gasteiger partial charge in [-0.15, -0.1) is 0 Å². The van der Waals surface area contributed by atoms with E-state index < -0.39 is 0 Å². The average molecular weight is 417 g/mol. The maximum Gasteiger partial charge on any atom is 0.203 e. The quantitative estimate of drug-likeness (QED) is 0.617. The fourth-order valence-corrected chi connectivity index (χ4v) is 10.6. The summed E-state index contributed by atoms with van der Waals surface area (Å²) in [5, 5.41) is 12.9. The molecule has 2 heterocycles. The van der Waals surface area contributed by atoms with Crippen LogP contribution in [0.5, 0.6) is 0 Å². The van der Waals surface area contributed by atoms with Gasteiger partial charge in [-0.25, -0.2) is 0 Å². The Bertz CT molecular complexity index is 686. The first kappa shape index (κ1) is 20.5. The van der Waals surface area contributed by atoms with Gasteiger partial charge in [-0.05, 0) is 92.3 Å². The molecule has 1 spiro atoms. The summed E-state index contributed by atoms with van der Waals surface area (Å²) >= 11 is 0. The van der Waals surface area contributed by atoms with E-state index >= 15 is 0 Å². The molecule has 3 heteroatoms. The van der Waals surface area contributed by atoms with E-state index in [1.807, 2.05) is 0 Å². The number of hydrogen-bond acceptors (Lipinski definition) is 2. The zero-order valence-corrected chi connectivity index (χ0v) is 19.9. The van der Waals surface area contributed by atoms with E-state index in [-0.39, 0.29) is 11.8 Å². The van der Waals surface area contributed by atoms with Crippen LogP contribution in [0.25, 0.3) is 0 Å². The summed E-state index contributed by atoms with van der Waals surface area (Å²) in [5.41, 5.74) is 1.07. The minimum atomic E-state index is -0.0285. The first-order chi connectivity index (χ1) is 14.3. The van der Waals surface area contributed by atoms with Crippen LogP contribution in [0.15, 0.2) is 0 Å². The van der Waals surface area contributed by atoms with E-state index in [4.69, 9.17) is 4.74 Å². The number of ether oxygens (including phenoxy) is 1. The Hall–Kier alpha value is -0.120. The first-order valence-electron chi connectivity index (χ1n) is 13.5. The van der Waals surface area contributed by atoms with Crippen molar-refractivity contribution < 1.29 is 15.2 Å². The maximum absolute atomic E-state index is 10.3. The number of nitrogens with two attached hydrogens (primary N) is 1. The zero-order chi connectivity index (χ0) is 20.9. The molecule has 170 valence electrons. The lowest BCUT2D eigenvalue weighted by atomic mass is 9.44. The molecule has 2 saturated heterocycles. The molecule has 4 saturated carbocycles. The van der Waals surface area contributed by atoms with E-state index in [0.717, 1.165) is 48.3 Å². The largest absolute Gasteiger partial charge is 0.393 e. The van der Waals surface area contributed by atoms with Crippen molar-refractivity contribution in [3.05, 3.63) is 0 Å². The normalized spacial score (nSPS) is 62.5. The molecule has 0 aromatic rings. The predicted octanol–water partition coefficient (Wildman–Crippen LogP) is 4.34. The highest BCUT2D eigenvalue weighted by Gasteiger charge is 2.69. The van der Waals surface area contributed by atoms with Crippen LogP contribution < -0.4 is 5.32 Å². The molecule has 6 aliphatic rings. The SMILES string of the molecule is C[C@H]1CC[C@]2([NH2+]C1)OC1CC3[C@@H]4CCC5C[C@@H](O)CC[C@]5(C)C4CC[C@]3(C)C1[C@@H]2C. The van der Waals surface area contributed by atoms with E-state index in [0.29, 0.717) is 22.9 Å². The van der Waals surface area contributed by atoms with Crippen molar-refractivity contribution in [2.24, 2.45) is 52.3 Å². The Morgan fingerprint density at radius 2 is 1.67 bits per heavy atom. The number of rotatable bonds is 0. The Morgan fingerprint density at radius 3 is 2.43 bits per heavy atom. The van der Waals surface area contributed by atoms with Crippen LogP contribution in [-0.4, -0.2) is 29.6 Å². The van der Waals surface area contributed by atoms with Gasteiger partial charge >= 0.3 is 0 Å². The summed E-state index contributed by atoms with van der Waals surface area (Å²) < 4.78 is 7.07. The first-order valence-corrected chi connectivity index (χ1v) is 13.5. The molecule has 6 fully saturated rings. The monoisotopic (exact) mass is 416 g/mol. The second kappa shape index (κ2) is 6.70. The van der Waals surface area contributed by atoms with Crippen LogP contribution in [0.1, 0.15) is 91.9 Å². The molecule has 5 unspecified atom stereocenters. The van der Waals surface area contributed by atoms with Gasteiger partial charge in [-0.1, -0.05) is 27.7 Å². The second-order valence-corrected chi connectivity index (χ2v) is 13.4. The third kappa shape index (κ3) is 2.61. The van der Waals surface area contributed by atoms with Crippen molar-refractivity contribution >= 4 is 0 Å². The smallest absolute Gasteiger partial charge is 0.203 e. The van der Waals surface area contributed by atoms with Crippen LogP contribution in [0.3, 0.4) is 0 Å². The van der Waals surface area contributed by atoms with Crippen molar-refractivity contribution in [1.82, 2.24) is 0 Å². The summed E-state index contributed by atoms with van der Waals surface area (Å²) in [6.07, 6.45) is 13.4. The fourth-order valence-electron chi connectivity index (χ4n) is 10.6. The molecule has 0 radical (unpaired) electrons. The van der Waals surface area contributed by atoms with Crippen molar-refractivity contribution in [1.29, 1.82) is 0 Å². The van der Waals surface area contributed by atoms with Crippen LogP contribution in [0.4, 0.5) is 0 Å². The summed E-state index contributed by atoms with van der Waals surface area (Å²) in [4.78, 5) is 0. The molecule has 2 aliphatic heterocycles. The Kier molecular flexibility index (Phi) is 4.58. The topological polar surface area (TPSA) is 46.1 Å². The Labute approximate surface area is 184 Å². The van der Waals surface area contributed by atoms with Gasteiger partial charge < -0.3 is 15.2 Å². The van der Waals surface area contributed by atoms with Crippen LogP contribution >= 0.6 is 0 Å². The molecule has 3 nitrogen and oxygen atoms in total. The molecular weight excluding hydrogens is 370 g/mol. The van der Waals surface area contributed by atoms with Crippen molar-refractivity contribution in [3.63, 3.8) is 0 Å². The highest BCUT2D eigenvalue weighted by Crippen LogP contribution is 2.70. The van der Waals surface area contributed by atoms with Crippen molar-refractivity contribution in [3.8, 4) is 0 Å². The summed E-state index contributed by atoms with van der Waals surface area (Å²) in [6, 6.07) is 0. The molecule has 30 heavy (non-hydrogen) atoms. The Morgan fingerprint density at radius 1 is 0.867 bits per heavy atom. The molecule has 4 aliphatic carbocycles. The van der Waals surface area contributed by atoms with Gasteiger partial charge in [0.1, 0.15) is 0 Å². The average Bonchev–Trinajstić information content (AvgIpc) is 3.16. The standard InChI is InChI=1S/C27H45NO2/c1-16-7-12-27(28-15-16)17(2)24-23(30-27)14-22-20-6-5-18-13-19(29)8-10-25(18,3)21(20)9-11-26(22,24)4/h16-24,28-29H,5-15H2,1-4H3/p+1/t16-,17-,18?,19-,20+,21?,22?,23?,24?,25-,26-,27-/m0/s1. The lowest BCUT2D eigenvalue weighted by molar-refractivity contribution is -0.786. The number of aliphatic hydroxyl groups is 1. The second-order valence-electron chi connectivity index (χ2n) is 13.4. The van der Waals surface area contributed by atoms with Gasteiger partial charge in [0.05, 0.1) is 18.8 Å². The minimum absolute atomic E-state index is 0.0285. The number of piperidine rings is 1. The fraction of sp³-hybridized carbons (Fsp3) is 1.00. The number of quaternary nitrogens is 1. The molecule has 0 aromatic carbocycles. The van der Waals surface area contributed by atoms with Gasteiger partial charge in [-0.3, -0.25) is 0 Å². The number of fused-ring (bicyclic) bond motifs is 7. The van der Waals surface area contributed by atoms with Crippen LogP contribution in [-0.2, 0) is 4.74 Å². The van der Waals surface area contributed by atoms with Gasteiger partial charge in [-0.2, -0.15) is 0 Å². The van der Waals surface area contributed by atoms with Crippen molar-refractivity contribution in [2.75, 3.05) is 6.54 Å². The van der Waals surface area contributed by atoms with Crippen molar-refractivity contribution in [2.45, 2.75) is 110 Å². The maximum atomic E-state index is 10.3. The molecular formula is C27H46NO2+. The summed E-state index contributed by atoms with van der Waals surface area (Å²) in [6.45, 7) is 11.5. The molecule has 12 atom stereocenters. The lowest BCUT2D eigenvalue weighted by Crippen LogP contribution is -3.00. The van der Waals surface area contributed by atoms with E-state index in [1.54, 1.807) is 0 Å². The molecule has 0 aromatic heterocycles. The summed E-state index contributed by atoms with van der Waals surface area (Å²) in [7, 11) is 0. The van der Waals surface area contributed by atoms with Crippen LogP contribution in [0.2, 0.25) is 0 Å². The third-order valence-electron chi connectivity index (χ3n) is 12.3. The highest BCUT2D eigenvalue weighted by molar-refractivity contribution is 5.15. The van der Waals surface area contributed by atoms with E-state index in [1.165, 1.54) is 57.9 Å².